The first-order chi connectivity index (χ1) is 57.5. The summed E-state index contributed by atoms with van der Waals surface area (Å²) >= 11 is 0. The number of hydrogen-bond donors (Lipinski definition) is 0. The molecule has 0 aliphatic heterocycles. The molecule has 8 rings (SSSR count). The van der Waals surface area contributed by atoms with E-state index in [-0.39, 0.29) is 7.43 Å². The van der Waals surface area contributed by atoms with Gasteiger partial charge in [-0.3, -0.25) is 29.9 Å². The fourth-order valence-electron chi connectivity index (χ4n) is 10.8. The summed E-state index contributed by atoms with van der Waals surface area (Å²) in [5.41, 5.74) is 20.5. The van der Waals surface area contributed by atoms with Gasteiger partial charge in [0.25, 0.3) is 0 Å². The second-order valence-corrected chi connectivity index (χ2v) is 33.3. The Bertz CT molecular complexity index is 2570. The zero-order valence-electron chi connectivity index (χ0n) is 91.3. The Morgan fingerprint density at radius 3 is 0.553 bits per heavy atom. The minimum absolute atomic E-state index is 0. The average Bonchev–Trinajstić information content (AvgIpc) is 0.925. The summed E-state index contributed by atoms with van der Waals surface area (Å²) in [7, 11) is 0. The highest BCUT2D eigenvalue weighted by atomic mass is 15.1. The van der Waals surface area contributed by atoms with Crippen LogP contribution in [-0.2, 0) is 0 Å². The number of hydrogen-bond acceptors (Lipinski definition) is 12. The van der Waals surface area contributed by atoms with Gasteiger partial charge in [-0.15, -0.1) is 0 Å². The second kappa shape index (κ2) is 92.6. The van der Waals surface area contributed by atoms with E-state index in [1.54, 1.807) is 31.1 Å². The Labute approximate surface area is 770 Å². The Morgan fingerprint density at radius 1 is 0.171 bits per heavy atom. The molecule has 12 nitrogen and oxygen atoms in total. The second-order valence-electron chi connectivity index (χ2n) is 33.3. The van der Waals surface area contributed by atoms with Crippen molar-refractivity contribution in [2.75, 3.05) is 0 Å². The fourth-order valence-corrected chi connectivity index (χ4v) is 10.8. The minimum atomic E-state index is 0. The van der Waals surface area contributed by atoms with Gasteiger partial charge in [0.2, 0.25) is 0 Å². The molecule has 0 amide bonds. The van der Waals surface area contributed by atoms with Crippen LogP contribution in [0.25, 0.3) is 0 Å². The van der Waals surface area contributed by atoms with Gasteiger partial charge >= 0.3 is 0 Å². The molecule has 0 radical (unpaired) electrons. The molecule has 8 aromatic heterocycles. The summed E-state index contributed by atoms with van der Waals surface area (Å²) in [6, 6.07) is 16.8. The zero-order chi connectivity index (χ0) is 98.3. The number of rotatable bonds is 16. The maximum atomic E-state index is 4.40. The molecule has 0 fully saturated rings. The van der Waals surface area contributed by atoms with Gasteiger partial charge in [0, 0.05) is 85.2 Å². The number of pyridine rings is 4. The molecule has 0 saturated heterocycles. The molecule has 0 aromatic carbocycles. The first kappa shape index (κ1) is 142. The van der Waals surface area contributed by atoms with Crippen molar-refractivity contribution >= 4 is 0 Å². The van der Waals surface area contributed by atoms with E-state index in [4.69, 9.17) is 0 Å². The van der Waals surface area contributed by atoms with Crippen molar-refractivity contribution in [2.45, 2.75) is 490 Å². The lowest BCUT2D eigenvalue weighted by atomic mass is 9.93. The van der Waals surface area contributed by atoms with Crippen LogP contribution in [0.1, 0.15) is 580 Å². The third kappa shape index (κ3) is 69.8. The van der Waals surface area contributed by atoms with E-state index in [2.05, 4.69) is 360 Å². The summed E-state index contributed by atoms with van der Waals surface area (Å²) in [6.07, 6.45) is 22.1. The molecule has 0 unspecified atom stereocenters. The zero-order valence-corrected chi connectivity index (χ0v) is 91.3. The van der Waals surface area contributed by atoms with Crippen LogP contribution in [-0.4, -0.2) is 60.3 Å². The third-order valence-corrected chi connectivity index (χ3v) is 16.0. The molecule has 0 aliphatic carbocycles. The van der Waals surface area contributed by atoms with Crippen molar-refractivity contribution in [1.29, 1.82) is 0 Å². The molecule has 0 spiro atoms. The van der Waals surface area contributed by atoms with Crippen molar-refractivity contribution in [3.8, 4) is 0 Å². The van der Waals surface area contributed by atoms with Gasteiger partial charge in [-0.25, -0.2) is 9.97 Å². The fraction of sp³-hybridized carbons (Fsp3) is 0.676. The molecule has 8 aromatic rings. The van der Waals surface area contributed by atoms with E-state index in [1.165, 1.54) is 67.2 Å². The van der Waals surface area contributed by atoms with Gasteiger partial charge in [-0.2, -0.15) is 20.4 Å². The standard InChI is InChI=1S/4C11H17N.4C10H16N2.2C4H10.9C2H6.CH4/c2*1-8(2)10-5-6-12-7-11(10)9(3)4;2*1-8(2)10-6-5-7-12-11(10)9(3)4;1-7(2)9-5-11-6-12-10(9)8(3)4;1-7(2)9-10(8(3)4)12-6-5-11-9;2*1-7(2)9-5-6-11-12-10(9)8(3)4;2*1-4(2)3;9*1-2;/h4*5-9H,1-4H3;4*5-8H,1-4H3;2*4H,1-3H3;9*1-2H3;1H4. The average molecular weight is 1710 g/mol. The Morgan fingerprint density at radius 2 is 0.366 bits per heavy atom. The normalized spacial score (nSPS) is 9.74. The van der Waals surface area contributed by atoms with Crippen molar-refractivity contribution in [3.05, 3.63) is 213 Å². The largest absolute Gasteiger partial charge is 0.264 e. The van der Waals surface area contributed by atoms with Crippen LogP contribution in [0.3, 0.4) is 0 Å². The van der Waals surface area contributed by atoms with E-state index in [9.17, 15) is 0 Å². The van der Waals surface area contributed by atoms with Crippen molar-refractivity contribution in [3.63, 3.8) is 0 Å². The van der Waals surface area contributed by atoms with Gasteiger partial charge in [0.05, 0.1) is 22.8 Å². The lowest BCUT2D eigenvalue weighted by molar-refractivity contribution is 0.726. The molecule has 0 aliphatic rings. The SMILES string of the molecule is C.CC.CC.CC.CC.CC.CC.CC.CC.CC.CC(C)C.CC(C)C.CC(C)c1cccnc1C(C)C.CC(C)c1cccnc1C(C)C.CC(C)c1ccncc1C(C)C.CC(C)c1ccncc1C(C)C.CC(C)c1ccnnc1C(C)C.CC(C)c1ccnnc1C(C)C.CC(C)c1cncnc1C(C)C.CC(C)c1nccnc1C(C)C. The van der Waals surface area contributed by atoms with Crippen LogP contribution in [0, 0.1) is 11.8 Å². The molecular weight excluding hydrogens is 1500 g/mol. The van der Waals surface area contributed by atoms with Gasteiger partial charge in [0.1, 0.15) is 6.33 Å². The molecule has 12 heteroatoms. The minimum Gasteiger partial charge on any atom is -0.264 e. The first-order valence-corrected chi connectivity index (χ1v) is 48.5. The molecule has 714 valence electrons. The highest BCUT2D eigenvalue weighted by Crippen LogP contribution is 2.30. The predicted octanol–water partition coefficient (Wildman–Crippen LogP) is 37.4. The maximum Gasteiger partial charge on any atom is 0.115 e. The molecule has 0 N–H and O–H groups in total. The highest BCUT2D eigenvalue weighted by molar-refractivity contribution is 5.31. The molecule has 8 heterocycles. The Kier molecular flexibility index (Phi) is 107. The quantitative estimate of drug-likeness (QED) is 0.0904. The van der Waals surface area contributed by atoms with Gasteiger partial charge < -0.3 is 0 Å². The predicted molar refractivity (Wildman–Crippen MR) is 560 cm³/mol. The van der Waals surface area contributed by atoms with Crippen LogP contribution in [0.2, 0.25) is 0 Å². The third-order valence-electron chi connectivity index (χ3n) is 16.0. The smallest absolute Gasteiger partial charge is 0.115 e. The van der Waals surface area contributed by atoms with Crippen LogP contribution < -0.4 is 0 Å². The first-order valence-electron chi connectivity index (χ1n) is 48.5. The van der Waals surface area contributed by atoms with Crippen LogP contribution in [0.4, 0.5) is 0 Å². The van der Waals surface area contributed by atoms with E-state index in [0.29, 0.717) is 94.7 Å². The Balaban J connectivity index is -0.000000110. The monoisotopic (exact) mass is 1710 g/mol. The topological polar surface area (TPSA) is 155 Å². The molecule has 0 atom stereocenters. The van der Waals surface area contributed by atoms with Crippen molar-refractivity contribution in [2.24, 2.45) is 11.8 Å². The summed E-state index contributed by atoms with van der Waals surface area (Å²) in [6.45, 7) is 119. The number of aromatic nitrogens is 12. The van der Waals surface area contributed by atoms with Gasteiger partial charge in [-0.1, -0.05) is 407 Å². The molecule has 0 bridgehead atoms. The van der Waals surface area contributed by atoms with Crippen LogP contribution >= 0.6 is 0 Å². The summed E-state index contributed by atoms with van der Waals surface area (Å²) in [5, 5.41) is 16.1. The molecular formula is C111H210N12. The molecule has 0 saturated carbocycles. The van der Waals surface area contributed by atoms with Crippen LogP contribution in [0.15, 0.2) is 123 Å². The highest BCUT2D eigenvalue weighted by Gasteiger charge is 2.17. The lowest BCUT2D eigenvalue weighted by Gasteiger charge is -2.14. The Hall–Kier alpha value is -7.08. The molecule has 123 heavy (non-hydrogen) atoms. The maximum absolute atomic E-state index is 4.40. The van der Waals surface area contributed by atoms with E-state index >= 15 is 0 Å². The van der Waals surface area contributed by atoms with Crippen LogP contribution in [0.5, 0.6) is 0 Å². The summed E-state index contributed by atoms with van der Waals surface area (Å²) < 4.78 is 0. The van der Waals surface area contributed by atoms with E-state index < -0.39 is 0 Å². The van der Waals surface area contributed by atoms with Gasteiger partial charge in [0.15, 0.2) is 0 Å². The van der Waals surface area contributed by atoms with Crippen molar-refractivity contribution in [1.82, 2.24) is 60.3 Å². The summed E-state index contributed by atoms with van der Waals surface area (Å²) in [4.78, 5) is 34.1. The van der Waals surface area contributed by atoms with E-state index in [1.807, 2.05) is 180 Å². The summed E-state index contributed by atoms with van der Waals surface area (Å²) in [5.74, 6) is 10.2. The van der Waals surface area contributed by atoms with E-state index in [0.717, 1.165) is 34.6 Å². The number of nitrogens with zero attached hydrogens (tertiary/aromatic N) is 12. The lowest BCUT2D eigenvalue weighted by Crippen LogP contribution is -2.03. The van der Waals surface area contributed by atoms with Gasteiger partial charge in [-0.05, 0) is 193 Å². The van der Waals surface area contributed by atoms with Crippen molar-refractivity contribution < 1.29 is 0 Å².